The Balaban J connectivity index is 1.81. The molecule has 132 valence electrons. The number of carbonyl (C=O) groups is 2. The van der Waals surface area contributed by atoms with Crippen LogP contribution in [0.2, 0.25) is 0 Å². The second-order valence-electron chi connectivity index (χ2n) is 6.02. The van der Waals surface area contributed by atoms with Crippen molar-refractivity contribution in [1.82, 2.24) is 0 Å². The lowest BCUT2D eigenvalue weighted by molar-refractivity contribution is -0.150. The number of amides is 1. The summed E-state index contributed by atoms with van der Waals surface area (Å²) in [6.07, 6.45) is -0.839. The predicted molar refractivity (Wildman–Crippen MR) is 102 cm³/mol. The SMILES string of the molecule is Cc1ccc(NC(=O)[C@H](C)OC(=O)CSc2ccc(C)c(C)c2)cc1. The number of aryl methyl sites for hydroxylation is 3. The van der Waals surface area contributed by atoms with E-state index in [2.05, 4.69) is 5.32 Å². The van der Waals surface area contributed by atoms with E-state index in [9.17, 15) is 9.59 Å². The number of carbonyl (C=O) groups excluding carboxylic acids is 2. The molecule has 0 aliphatic heterocycles. The molecule has 0 saturated heterocycles. The first-order valence-electron chi connectivity index (χ1n) is 8.12. The molecule has 0 aromatic heterocycles. The second kappa shape index (κ2) is 8.72. The Morgan fingerprint density at radius 1 is 1.04 bits per heavy atom. The molecule has 0 spiro atoms. The monoisotopic (exact) mass is 357 g/mol. The lowest BCUT2D eigenvalue weighted by Crippen LogP contribution is -2.30. The molecule has 1 atom stereocenters. The smallest absolute Gasteiger partial charge is 0.317 e. The van der Waals surface area contributed by atoms with E-state index >= 15 is 0 Å². The molecule has 0 aliphatic carbocycles. The Morgan fingerprint density at radius 2 is 1.72 bits per heavy atom. The number of ether oxygens (including phenoxy) is 1. The van der Waals surface area contributed by atoms with Crippen LogP contribution in [0.15, 0.2) is 47.4 Å². The van der Waals surface area contributed by atoms with Crippen LogP contribution in [-0.4, -0.2) is 23.7 Å². The van der Waals surface area contributed by atoms with Crippen molar-refractivity contribution >= 4 is 29.3 Å². The van der Waals surface area contributed by atoms with E-state index in [1.807, 2.05) is 63.2 Å². The minimum Gasteiger partial charge on any atom is -0.452 e. The Labute approximate surface area is 153 Å². The molecule has 0 saturated carbocycles. The Hall–Kier alpha value is -2.27. The van der Waals surface area contributed by atoms with Crippen molar-refractivity contribution in [2.24, 2.45) is 0 Å². The van der Waals surface area contributed by atoms with Crippen molar-refractivity contribution in [1.29, 1.82) is 0 Å². The third kappa shape index (κ3) is 5.94. The number of hydrogen-bond acceptors (Lipinski definition) is 4. The van der Waals surface area contributed by atoms with Gasteiger partial charge < -0.3 is 10.1 Å². The van der Waals surface area contributed by atoms with Crippen LogP contribution < -0.4 is 5.32 Å². The van der Waals surface area contributed by atoms with Crippen molar-refractivity contribution in [2.45, 2.75) is 38.7 Å². The van der Waals surface area contributed by atoms with Crippen LogP contribution in [0.4, 0.5) is 5.69 Å². The molecule has 0 bridgehead atoms. The van der Waals surface area contributed by atoms with Crippen molar-refractivity contribution < 1.29 is 14.3 Å². The molecule has 0 unspecified atom stereocenters. The molecule has 1 N–H and O–H groups in total. The largest absolute Gasteiger partial charge is 0.452 e. The van der Waals surface area contributed by atoms with Crippen molar-refractivity contribution in [2.75, 3.05) is 11.1 Å². The molecule has 2 rings (SSSR count). The van der Waals surface area contributed by atoms with Gasteiger partial charge in [0.25, 0.3) is 5.91 Å². The van der Waals surface area contributed by atoms with E-state index in [4.69, 9.17) is 4.74 Å². The van der Waals surface area contributed by atoms with Crippen molar-refractivity contribution in [3.05, 3.63) is 59.2 Å². The lowest BCUT2D eigenvalue weighted by atomic mass is 10.1. The molecule has 0 radical (unpaired) electrons. The molecule has 1 amide bonds. The summed E-state index contributed by atoms with van der Waals surface area (Å²) in [5.41, 5.74) is 4.20. The van der Waals surface area contributed by atoms with E-state index in [1.54, 1.807) is 6.92 Å². The van der Waals surface area contributed by atoms with E-state index in [0.717, 1.165) is 10.5 Å². The van der Waals surface area contributed by atoms with E-state index in [0.29, 0.717) is 5.69 Å². The molecule has 25 heavy (non-hydrogen) atoms. The van der Waals surface area contributed by atoms with Gasteiger partial charge in [-0.2, -0.15) is 0 Å². The molecular weight excluding hydrogens is 334 g/mol. The van der Waals surface area contributed by atoms with Crippen LogP contribution in [0.3, 0.4) is 0 Å². The first-order valence-corrected chi connectivity index (χ1v) is 9.11. The highest BCUT2D eigenvalue weighted by molar-refractivity contribution is 8.00. The van der Waals surface area contributed by atoms with Gasteiger partial charge in [0.1, 0.15) is 0 Å². The molecule has 0 aliphatic rings. The van der Waals surface area contributed by atoms with Crippen molar-refractivity contribution in [3.63, 3.8) is 0 Å². The molecule has 0 fully saturated rings. The average molecular weight is 357 g/mol. The molecule has 0 heterocycles. The number of rotatable bonds is 6. The maximum Gasteiger partial charge on any atom is 0.317 e. The molecule has 2 aromatic carbocycles. The number of anilines is 1. The van der Waals surface area contributed by atoms with Crippen LogP contribution in [0.1, 0.15) is 23.6 Å². The van der Waals surface area contributed by atoms with Gasteiger partial charge in [-0.15, -0.1) is 11.8 Å². The Morgan fingerprint density at radius 3 is 2.36 bits per heavy atom. The van der Waals surface area contributed by atoms with E-state index in [-0.39, 0.29) is 11.7 Å². The summed E-state index contributed by atoms with van der Waals surface area (Å²) in [7, 11) is 0. The summed E-state index contributed by atoms with van der Waals surface area (Å²) in [4.78, 5) is 25.1. The summed E-state index contributed by atoms with van der Waals surface area (Å²) < 4.78 is 5.21. The van der Waals surface area contributed by atoms with Gasteiger partial charge in [0, 0.05) is 10.6 Å². The van der Waals surface area contributed by atoms with Gasteiger partial charge in [0.15, 0.2) is 6.10 Å². The fourth-order valence-corrected chi connectivity index (χ4v) is 2.89. The summed E-state index contributed by atoms with van der Waals surface area (Å²) >= 11 is 1.40. The van der Waals surface area contributed by atoms with Gasteiger partial charge in [-0.05, 0) is 63.1 Å². The van der Waals surface area contributed by atoms with E-state index < -0.39 is 12.1 Å². The van der Waals surface area contributed by atoms with Gasteiger partial charge in [-0.25, -0.2) is 0 Å². The number of nitrogens with one attached hydrogen (secondary N) is 1. The van der Waals surface area contributed by atoms with Crippen LogP contribution in [0, 0.1) is 20.8 Å². The Bertz CT molecular complexity index is 756. The van der Waals surface area contributed by atoms with Crippen LogP contribution >= 0.6 is 11.8 Å². The van der Waals surface area contributed by atoms with Gasteiger partial charge in [0.2, 0.25) is 0 Å². The van der Waals surface area contributed by atoms with Crippen LogP contribution in [-0.2, 0) is 14.3 Å². The fraction of sp³-hybridized carbons (Fsp3) is 0.300. The Kier molecular flexibility index (Phi) is 6.65. The molecule has 2 aromatic rings. The topological polar surface area (TPSA) is 55.4 Å². The third-order valence-corrected chi connectivity index (χ3v) is 4.80. The number of esters is 1. The summed E-state index contributed by atoms with van der Waals surface area (Å²) in [6, 6.07) is 13.5. The van der Waals surface area contributed by atoms with E-state index in [1.165, 1.54) is 22.9 Å². The fourth-order valence-electron chi connectivity index (χ4n) is 2.11. The molecular formula is C20H23NO3S. The first kappa shape index (κ1) is 19.1. The van der Waals surface area contributed by atoms with Gasteiger partial charge in [-0.3, -0.25) is 9.59 Å². The lowest BCUT2D eigenvalue weighted by Gasteiger charge is -2.13. The summed E-state index contributed by atoms with van der Waals surface area (Å²) in [5, 5.41) is 2.74. The quantitative estimate of drug-likeness (QED) is 0.619. The summed E-state index contributed by atoms with van der Waals surface area (Å²) in [5.74, 6) is -0.576. The minimum absolute atomic E-state index is 0.171. The zero-order chi connectivity index (χ0) is 18.4. The average Bonchev–Trinajstić information content (AvgIpc) is 2.58. The zero-order valence-electron chi connectivity index (χ0n) is 15.0. The zero-order valence-corrected chi connectivity index (χ0v) is 15.8. The molecule has 5 heteroatoms. The standard InChI is InChI=1S/C20H23NO3S/c1-13-5-8-17(9-6-13)21-20(23)16(4)24-19(22)12-25-18-10-7-14(2)15(3)11-18/h5-11,16H,12H2,1-4H3,(H,21,23)/t16-/m0/s1. The molecule has 4 nitrogen and oxygen atoms in total. The number of hydrogen-bond donors (Lipinski definition) is 1. The number of benzene rings is 2. The highest BCUT2D eigenvalue weighted by Gasteiger charge is 2.18. The minimum atomic E-state index is -0.839. The maximum absolute atomic E-state index is 12.1. The predicted octanol–water partition coefficient (Wildman–Crippen LogP) is 4.27. The van der Waals surface area contributed by atoms with Crippen LogP contribution in [0.5, 0.6) is 0 Å². The maximum atomic E-state index is 12.1. The number of thioether (sulfide) groups is 1. The highest BCUT2D eigenvalue weighted by Crippen LogP contribution is 2.21. The van der Waals surface area contributed by atoms with Gasteiger partial charge in [0.05, 0.1) is 5.75 Å². The van der Waals surface area contributed by atoms with Crippen LogP contribution in [0.25, 0.3) is 0 Å². The van der Waals surface area contributed by atoms with Gasteiger partial charge in [-0.1, -0.05) is 23.8 Å². The summed E-state index contributed by atoms with van der Waals surface area (Å²) in [6.45, 7) is 7.63. The third-order valence-electron chi connectivity index (χ3n) is 3.83. The van der Waals surface area contributed by atoms with Gasteiger partial charge >= 0.3 is 5.97 Å². The van der Waals surface area contributed by atoms with Crippen molar-refractivity contribution in [3.8, 4) is 0 Å². The normalized spacial score (nSPS) is 11.7. The second-order valence-corrected chi connectivity index (χ2v) is 7.07. The highest BCUT2D eigenvalue weighted by atomic mass is 32.2. The first-order chi connectivity index (χ1) is 11.8.